The smallest absolute Gasteiger partial charge is 0.285 e. The summed E-state index contributed by atoms with van der Waals surface area (Å²) >= 11 is 11.5. The molecule has 0 aromatic heterocycles. The third-order valence-electron chi connectivity index (χ3n) is 1.22. The Morgan fingerprint density at radius 3 is 2.40 bits per heavy atom. The predicted octanol–water partition coefficient (Wildman–Crippen LogP) is 1.33. The summed E-state index contributed by atoms with van der Waals surface area (Å²) in [5.74, 6) is 0. The minimum absolute atomic E-state index is 0.220. The molecule has 0 saturated heterocycles. The number of alkyl halides is 2. The van der Waals surface area contributed by atoms with E-state index in [0.717, 1.165) is 0 Å². The molecule has 0 amide bonds. The highest BCUT2D eigenvalue weighted by molar-refractivity contribution is 6.48. The highest BCUT2D eigenvalue weighted by Gasteiger charge is 2.36. The van der Waals surface area contributed by atoms with E-state index in [0.29, 0.717) is 0 Å². The summed E-state index contributed by atoms with van der Waals surface area (Å²) < 4.78 is -1.13. The largest absolute Gasteiger partial charge is 0.305 e. The molecule has 10 heavy (non-hydrogen) atoms. The van der Waals surface area contributed by atoms with Crippen LogP contribution in [0.4, 0.5) is 0 Å². The number of halogens is 2. The third kappa shape index (κ3) is 1.36. The van der Waals surface area contributed by atoms with Crippen molar-refractivity contribution < 1.29 is 0 Å². The Labute approximate surface area is 70.0 Å². The van der Waals surface area contributed by atoms with E-state index in [1.54, 1.807) is 5.01 Å². The fourth-order valence-electron chi connectivity index (χ4n) is 0.768. The summed E-state index contributed by atoms with van der Waals surface area (Å²) in [7, 11) is 0. The Hall–Kier alpha value is 0.01000. The van der Waals surface area contributed by atoms with Gasteiger partial charge in [-0.1, -0.05) is 23.2 Å². The number of aliphatic imine (C=N–C) groups is 1. The summed E-state index contributed by atoms with van der Waals surface area (Å²) in [6.45, 7) is 3.95. The van der Waals surface area contributed by atoms with Crippen LogP contribution in [0, 0.1) is 0 Å². The van der Waals surface area contributed by atoms with Crippen molar-refractivity contribution in [3.8, 4) is 0 Å². The van der Waals surface area contributed by atoms with E-state index in [2.05, 4.69) is 10.4 Å². The number of nitrogens with zero attached hydrogens (tertiary/aromatic N) is 2. The van der Waals surface area contributed by atoms with Crippen LogP contribution in [0.25, 0.3) is 0 Å². The lowest BCUT2D eigenvalue weighted by atomic mass is 10.4. The maximum absolute atomic E-state index is 5.76. The standard InChI is InChI=1S/C5H9Cl2N3/c1-4(2)10-5(6,7)8-3-9-10/h3-4H,1-2H3,(H,8,9). The van der Waals surface area contributed by atoms with Gasteiger partial charge in [-0.3, -0.25) is 0 Å². The van der Waals surface area contributed by atoms with E-state index in [-0.39, 0.29) is 6.04 Å². The number of nitrogens with one attached hydrogen (secondary N) is 1. The zero-order valence-corrected chi connectivity index (χ0v) is 7.32. The third-order valence-corrected chi connectivity index (χ3v) is 1.78. The lowest BCUT2D eigenvalue weighted by molar-refractivity contribution is 0.167. The van der Waals surface area contributed by atoms with Crippen LogP contribution in [0.1, 0.15) is 13.8 Å². The van der Waals surface area contributed by atoms with Gasteiger partial charge in [0.25, 0.3) is 4.58 Å². The first-order chi connectivity index (χ1) is 4.54. The van der Waals surface area contributed by atoms with Crippen molar-refractivity contribution in [1.29, 1.82) is 0 Å². The Bertz CT molecular complexity index is 155. The summed E-state index contributed by atoms with van der Waals surface area (Å²) in [4.78, 5) is 3.79. The molecule has 0 aliphatic carbocycles. The van der Waals surface area contributed by atoms with Crippen molar-refractivity contribution in [2.24, 2.45) is 4.99 Å². The number of hydrazine groups is 1. The Morgan fingerprint density at radius 2 is 2.20 bits per heavy atom. The summed E-state index contributed by atoms with van der Waals surface area (Å²) in [5.41, 5.74) is 2.82. The van der Waals surface area contributed by atoms with Crippen molar-refractivity contribution in [2.45, 2.75) is 24.5 Å². The molecule has 0 unspecified atom stereocenters. The van der Waals surface area contributed by atoms with Crippen molar-refractivity contribution in [3.05, 3.63) is 0 Å². The Morgan fingerprint density at radius 1 is 1.60 bits per heavy atom. The van der Waals surface area contributed by atoms with Crippen LogP contribution in [-0.2, 0) is 0 Å². The van der Waals surface area contributed by atoms with Crippen LogP contribution in [0.15, 0.2) is 4.99 Å². The van der Waals surface area contributed by atoms with E-state index in [1.807, 2.05) is 13.8 Å². The highest BCUT2D eigenvalue weighted by Crippen LogP contribution is 2.29. The zero-order valence-electron chi connectivity index (χ0n) is 5.81. The van der Waals surface area contributed by atoms with Gasteiger partial charge in [-0.25, -0.2) is 4.99 Å². The second kappa shape index (κ2) is 2.57. The van der Waals surface area contributed by atoms with Gasteiger partial charge in [-0.2, -0.15) is 5.01 Å². The molecule has 1 rings (SSSR count). The van der Waals surface area contributed by atoms with Crippen molar-refractivity contribution >= 4 is 29.5 Å². The second-order valence-corrected chi connectivity index (χ2v) is 3.61. The van der Waals surface area contributed by atoms with Crippen LogP contribution < -0.4 is 5.43 Å². The van der Waals surface area contributed by atoms with Gasteiger partial charge in [0.1, 0.15) is 6.34 Å². The van der Waals surface area contributed by atoms with Gasteiger partial charge < -0.3 is 5.43 Å². The average molecular weight is 182 g/mol. The van der Waals surface area contributed by atoms with Gasteiger partial charge in [0.15, 0.2) is 0 Å². The summed E-state index contributed by atoms with van der Waals surface area (Å²) in [6, 6.07) is 0.220. The number of hydrogen-bond acceptors (Lipinski definition) is 3. The Kier molecular flexibility index (Phi) is 2.08. The van der Waals surface area contributed by atoms with E-state index in [9.17, 15) is 0 Å². The molecular weight excluding hydrogens is 173 g/mol. The molecule has 1 heterocycles. The first-order valence-corrected chi connectivity index (χ1v) is 3.76. The van der Waals surface area contributed by atoms with Crippen LogP contribution in [0.5, 0.6) is 0 Å². The number of rotatable bonds is 1. The maximum atomic E-state index is 5.76. The molecule has 0 saturated carbocycles. The lowest BCUT2D eigenvalue weighted by Gasteiger charge is -2.27. The molecule has 0 fully saturated rings. The van der Waals surface area contributed by atoms with Crippen molar-refractivity contribution in [1.82, 2.24) is 10.4 Å². The minimum atomic E-state index is -1.13. The van der Waals surface area contributed by atoms with E-state index in [1.165, 1.54) is 6.34 Å². The molecule has 1 aliphatic rings. The average Bonchev–Trinajstić information content (AvgIpc) is 2.08. The molecule has 0 aromatic rings. The fraction of sp³-hybridized carbons (Fsp3) is 0.800. The molecule has 0 atom stereocenters. The molecule has 5 heteroatoms. The van der Waals surface area contributed by atoms with Gasteiger partial charge in [0.2, 0.25) is 0 Å². The molecular formula is C5H9Cl2N3. The van der Waals surface area contributed by atoms with Gasteiger partial charge >= 0.3 is 0 Å². The summed E-state index contributed by atoms with van der Waals surface area (Å²) in [6.07, 6.45) is 1.49. The molecule has 1 N–H and O–H groups in total. The topological polar surface area (TPSA) is 27.6 Å². The van der Waals surface area contributed by atoms with Gasteiger partial charge in [-0.05, 0) is 13.8 Å². The van der Waals surface area contributed by atoms with Gasteiger partial charge in [0, 0.05) is 6.04 Å². The normalized spacial score (nSPS) is 23.7. The molecule has 3 nitrogen and oxygen atoms in total. The minimum Gasteiger partial charge on any atom is -0.305 e. The van der Waals surface area contributed by atoms with Gasteiger partial charge in [0.05, 0.1) is 0 Å². The first-order valence-electron chi connectivity index (χ1n) is 3.01. The molecule has 0 radical (unpaired) electrons. The lowest BCUT2D eigenvalue weighted by Crippen LogP contribution is -2.46. The second-order valence-electron chi connectivity index (χ2n) is 2.36. The van der Waals surface area contributed by atoms with Crippen molar-refractivity contribution in [3.63, 3.8) is 0 Å². The molecule has 0 bridgehead atoms. The highest BCUT2D eigenvalue weighted by atomic mass is 35.5. The van der Waals surface area contributed by atoms with Crippen LogP contribution >= 0.6 is 23.2 Å². The monoisotopic (exact) mass is 181 g/mol. The van der Waals surface area contributed by atoms with Crippen LogP contribution in [0.2, 0.25) is 0 Å². The first kappa shape index (κ1) is 8.11. The number of hydrogen-bond donors (Lipinski definition) is 1. The molecule has 1 aliphatic heterocycles. The quantitative estimate of drug-likeness (QED) is 0.489. The summed E-state index contributed by atoms with van der Waals surface area (Å²) in [5, 5.41) is 1.65. The van der Waals surface area contributed by atoms with Crippen molar-refractivity contribution in [2.75, 3.05) is 0 Å². The molecule has 58 valence electrons. The maximum Gasteiger partial charge on any atom is 0.285 e. The SMILES string of the molecule is CC(C)N1NC=NC1(Cl)Cl. The van der Waals surface area contributed by atoms with E-state index in [4.69, 9.17) is 23.2 Å². The van der Waals surface area contributed by atoms with Gasteiger partial charge in [-0.15, -0.1) is 0 Å². The Balaban J connectivity index is 2.66. The molecule has 0 spiro atoms. The van der Waals surface area contributed by atoms with Crippen LogP contribution in [-0.4, -0.2) is 22.0 Å². The zero-order chi connectivity index (χ0) is 7.78. The predicted molar refractivity (Wildman–Crippen MR) is 43.0 cm³/mol. The molecule has 0 aromatic carbocycles. The van der Waals surface area contributed by atoms with E-state index >= 15 is 0 Å². The fourth-order valence-corrected chi connectivity index (χ4v) is 1.35. The van der Waals surface area contributed by atoms with Crippen LogP contribution in [0.3, 0.4) is 0 Å². The van der Waals surface area contributed by atoms with E-state index < -0.39 is 4.58 Å².